The number of nitrogens with zero attached hydrogens (tertiary/aromatic N) is 3. The number of anilines is 2. The number of hydrogen-bond acceptors (Lipinski definition) is 7. The normalized spacial score (nSPS) is 19.5. The number of nitrogens with one attached hydrogen (secondary N) is 2. The number of halogens is 1. The van der Waals surface area contributed by atoms with E-state index in [0.29, 0.717) is 29.8 Å². The number of rotatable bonds is 5. The zero-order valence-electron chi connectivity index (χ0n) is 15.3. The van der Waals surface area contributed by atoms with E-state index < -0.39 is 15.8 Å². The number of hydrogen-bond donors (Lipinski definition) is 3. The standard InChI is InChI=1S/C15H24N6O4S.ClH/c1-15(2)14(22)20-12-11(25-15)13(18-9-17-12)21-7-4-10(5-8-21)3-6-19-26(16,23)24;/h9-10,19H,3-8H2,1-2H3,(H2,16,23,24)(H,17,18,20,22);1H. The Balaban J connectivity index is 0.00000261. The fourth-order valence-electron chi connectivity index (χ4n) is 3.17. The molecule has 27 heavy (non-hydrogen) atoms. The Kier molecular flexibility index (Phi) is 6.51. The number of ether oxygens (including phenoxy) is 1. The van der Waals surface area contributed by atoms with Crippen LogP contribution in [0.2, 0.25) is 0 Å². The molecule has 3 rings (SSSR count). The molecule has 0 aromatic carbocycles. The molecule has 3 heterocycles. The molecule has 2 aliphatic rings. The van der Waals surface area contributed by atoms with E-state index in [-0.39, 0.29) is 18.3 Å². The van der Waals surface area contributed by atoms with Crippen LogP contribution in [0.3, 0.4) is 0 Å². The van der Waals surface area contributed by atoms with E-state index >= 15 is 0 Å². The third kappa shape index (κ3) is 5.18. The molecule has 1 saturated heterocycles. The molecular weight excluding hydrogens is 396 g/mol. The molecule has 0 atom stereocenters. The Labute approximate surface area is 164 Å². The van der Waals surface area contributed by atoms with E-state index in [1.54, 1.807) is 13.8 Å². The van der Waals surface area contributed by atoms with Gasteiger partial charge >= 0.3 is 0 Å². The Morgan fingerprint density at radius 3 is 2.67 bits per heavy atom. The summed E-state index contributed by atoms with van der Waals surface area (Å²) in [6.07, 6.45) is 3.96. The van der Waals surface area contributed by atoms with Crippen molar-refractivity contribution < 1.29 is 17.9 Å². The van der Waals surface area contributed by atoms with Crippen molar-refractivity contribution in [3.63, 3.8) is 0 Å². The van der Waals surface area contributed by atoms with Gasteiger partial charge in [0.1, 0.15) is 6.33 Å². The molecule has 2 aliphatic heterocycles. The van der Waals surface area contributed by atoms with Crippen LogP contribution < -0.4 is 24.8 Å². The number of carbonyl (C=O) groups is 1. The molecule has 0 bridgehead atoms. The van der Waals surface area contributed by atoms with Crippen molar-refractivity contribution >= 4 is 40.2 Å². The van der Waals surface area contributed by atoms with Gasteiger partial charge in [-0.25, -0.2) is 19.8 Å². The predicted octanol–water partition coefficient (Wildman–Crippen LogP) is 0.408. The highest BCUT2D eigenvalue weighted by Crippen LogP contribution is 2.39. The topological polar surface area (TPSA) is 140 Å². The van der Waals surface area contributed by atoms with Gasteiger partial charge in [0.2, 0.25) is 5.75 Å². The lowest BCUT2D eigenvalue weighted by atomic mass is 9.93. The van der Waals surface area contributed by atoms with Gasteiger partial charge in [0.25, 0.3) is 16.1 Å². The van der Waals surface area contributed by atoms with Crippen LogP contribution in [0.4, 0.5) is 11.6 Å². The summed E-state index contributed by atoms with van der Waals surface area (Å²) < 4.78 is 30.0. The van der Waals surface area contributed by atoms with Gasteiger partial charge in [-0.1, -0.05) is 0 Å². The molecule has 0 unspecified atom stereocenters. The van der Waals surface area contributed by atoms with E-state index in [1.165, 1.54) is 6.33 Å². The van der Waals surface area contributed by atoms with E-state index in [0.717, 1.165) is 32.4 Å². The third-order valence-electron chi connectivity index (χ3n) is 4.69. The largest absolute Gasteiger partial charge is 0.470 e. The molecule has 10 nitrogen and oxygen atoms in total. The zero-order valence-corrected chi connectivity index (χ0v) is 16.9. The molecule has 0 saturated carbocycles. The second-order valence-electron chi connectivity index (χ2n) is 7.10. The monoisotopic (exact) mass is 420 g/mol. The summed E-state index contributed by atoms with van der Waals surface area (Å²) in [5.74, 6) is 1.72. The lowest BCUT2D eigenvalue weighted by molar-refractivity contribution is -0.129. The number of nitrogens with two attached hydrogens (primary N) is 1. The van der Waals surface area contributed by atoms with Crippen molar-refractivity contribution in [3.05, 3.63) is 6.33 Å². The quantitative estimate of drug-likeness (QED) is 0.626. The van der Waals surface area contributed by atoms with E-state index in [2.05, 4.69) is 24.9 Å². The average Bonchev–Trinajstić information content (AvgIpc) is 2.55. The Hall–Kier alpha value is -1.69. The first-order valence-corrected chi connectivity index (χ1v) is 10.1. The lowest BCUT2D eigenvalue weighted by Gasteiger charge is -2.37. The summed E-state index contributed by atoms with van der Waals surface area (Å²) in [5, 5.41) is 7.70. The summed E-state index contributed by atoms with van der Waals surface area (Å²) in [7, 11) is -3.63. The van der Waals surface area contributed by atoms with Gasteiger partial charge < -0.3 is 15.0 Å². The molecule has 4 N–H and O–H groups in total. The number of amides is 1. The maximum absolute atomic E-state index is 12.0. The van der Waals surface area contributed by atoms with Crippen LogP contribution in [-0.4, -0.2) is 49.5 Å². The first-order valence-electron chi connectivity index (χ1n) is 8.53. The zero-order chi connectivity index (χ0) is 18.9. The summed E-state index contributed by atoms with van der Waals surface area (Å²) in [6.45, 7) is 5.28. The first-order chi connectivity index (χ1) is 12.2. The van der Waals surface area contributed by atoms with Gasteiger partial charge in [0, 0.05) is 19.6 Å². The van der Waals surface area contributed by atoms with Crippen LogP contribution in [-0.2, 0) is 15.0 Å². The molecule has 12 heteroatoms. The van der Waals surface area contributed by atoms with E-state index in [4.69, 9.17) is 9.88 Å². The SMILES string of the molecule is CC1(C)Oc2c(ncnc2N2CCC(CCNS(N)(=O)=O)CC2)NC1=O.Cl. The maximum atomic E-state index is 12.0. The van der Waals surface area contributed by atoms with Gasteiger partial charge in [-0.15, -0.1) is 12.4 Å². The highest BCUT2D eigenvalue weighted by Gasteiger charge is 2.38. The van der Waals surface area contributed by atoms with Crippen LogP contribution in [0, 0.1) is 5.92 Å². The smallest absolute Gasteiger partial charge is 0.274 e. The Morgan fingerprint density at radius 1 is 1.37 bits per heavy atom. The van der Waals surface area contributed by atoms with Crippen molar-refractivity contribution in [2.24, 2.45) is 11.1 Å². The second kappa shape index (κ2) is 8.13. The van der Waals surface area contributed by atoms with Crippen molar-refractivity contribution in [3.8, 4) is 5.75 Å². The molecule has 152 valence electrons. The minimum atomic E-state index is -3.63. The molecular formula is C15H25ClN6O4S. The third-order valence-corrected chi connectivity index (χ3v) is 5.30. The van der Waals surface area contributed by atoms with Crippen LogP contribution >= 0.6 is 12.4 Å². The Bertz CT molecular complexity index is 795. The van der Waals surface area contributed by atoms with Crippen LogP contribution in [0.1, 0.15) is 33.1 Å². The van der Waals surface area contributed by atoms with E-state index in [9.17, 15) is 13.2 Å². The summed E-state index contributed by atoms with van der Waals surface area (Å²) in [4.78, 5) is 22.6. The van der Waals surface area contributed by atoms with E-state index in [1.807, 2.05) is 0 Å². The fourth-order valence-corrected chi connectivity index (χ4v) is 3.57. The van der Waals surface area contributed by atoms with Crippen molar-refractivity contribution in [2.45, 2.75) is 38.7 Å². The average molecular weight is 421 g/mol. The fraction of sp³-hybridized carbons (Fsp3) is 0.667. The first kappa shape index (κ1) is 21.6. The van der Waals surface area contributed by atoms with Crippen LogP contribution in [0.5, 0.6) is 5.75 Å². The van der Waals surface area contributed by atoms with Gasteiger partial charge in [0.15, 0.2) is 17.2 Å². The van der Waals surface area contributed by atoms with Crippen molar-refractivity contribution in [1.29, 1.82) is 0 Å². The lowest BCUT2D eigenvalue weighted by Crippen LogP contribution is -2.47. The van der Waals surface area contributed by atoms with Gasteiger partial charge in [0.05, 0.1) is 0 Å². The summed E-state index contributed by atoms with van der Waals surface area (Å²) in [6, 6.07) is 0. The van der Waals surface area contributed by atoms with Gasteiger partial charge in [-0.05, 0) is 39.0 Å². The number of fused-ring (bicyclic) bond motifs is 1. The number of aromatic nitrogens is 2. The number of carbonyl (C=O) groups excluding carboxylic acids is 1. The minimum Gasteiger partial charge on any atom is -0.470 e. The Morgan fingerprint density at radius 2 is 2.04 bits per heavy atom. The molecule has 1 fully saturated rings. The highest BCUT2D eigenvalue weighted by molar-refractivity contribution is 7.87. The molecule has 0 spiro atoms. The maximum Gasteiger partial charge on any atom is 0.274 e. The highest BCUT2D eigenvalue weighted by atomic mass is 35.5. The molecule has 0 radical (unpaired) electrons. The summed E-state index contributed by atoms with van der Waals surface area (Å²) in [5.41, 5.74) is -0.982. The molecule has 1 aromatic rings. The summed E-state index contributed by atoms with van der Waals surface area (Å²) >= 11 is 0. The molecule has 0 aliphatic carbocycles. The van der Waals surface area contributed by atoms with Gasteiger partial charge in [-0.2, -0.15) is 8.42 Å². The second-order valence-corrected chi connectivity index (χ2v) is 8.48. The van der Waals surface area contributed by atoms with Crippen LogP contribution in [0.15, 0.2) is 6.33 Å². The van der Waals surface area contributed by atoms with Crippen molar-refractivity contribution in [2.75, 3.05) is 29.9 Å². The molecule has 1 amide bonds. The number of piperidine rings is 1. The predicted molar refractivity (Wildman–Crippen MR) is 103 cm³/mol. The van der Waals surface area contributed by atoms with Gasteiger partial charge in [-0.3, -0.25) is 4.79 Å². The van der Waals surface area contributed by atoms with Crippen molar-refractivity contribution in [1.82, 2.24) is 14.7 Å². The van der Waals surface area contributed by atoms with Crippen LogP contribution in [0.25, 0.3) is 0 Å². The molecule has 1 aromatic heterocycles. The minimum absolute atomic E-state index is 0.